The highest BCUT2D eigenvalue weighted by Crippen LogP contribution is 2.59. The van der Waals surface area contributed by atoms with Crippen molar-refractivity contribution in [2.75, 3.05) is 13.2 Å². The predicted octanol–water partition coefficient (Wildman–Crippen LogP) is 3.51. The van der Waals surface area contributed by atoms with Crippen molar-refractivity contribution in [2.45, 2.75) is 52.4 Å². The third-order valence-electron chi connectivity index (χ3n) is 6.60. The summed E-state index contributed by atoms with van der Waals surface area (Å²) in [7, 11) is 0. The number of aromatic nitrogens is 1. The number of nitrogens with zero attached hydrogens (tertiary/aromatic N) is 1. The second kappa shape index (κ2) is 6.67. The molecule has 5 heteroatoms. The fraction of sp³-hybridized carbons (Fsp3) is 0.667. The summed E-state index contributed by atoms with van der Waals surface area (Å²) in [6, 6.07) is 3.26. The SMILES string of the molecule is CCOC(=O)c1ccc(C(=O)NCC23CC4CC(CC(C4)C2)C3)nc1C. The van der Waals surface area contributed by atoms with Crippen LogP contribution in [-0.4, -0.2) is 30.0 Å². The largest absolute Gasteiger partial charge is 0.462 e. The lowest BCUT2D eigenvalue weighted by Gasteiger charge is -2.56. The van der Waals surface area contributed by atoms with Crippen LogP contribution in [0.2, 0.25) is 0 Å². The van der Waals surface area contributed by atoms with Gasteiger partial charge in [0.2, 0.25) is 0 Å². The molecule has 0 aromatic carbocycles. The molecule has 1 N–H and O–H groups in total. The number of carbonyl (C=O) groups excluding carboxylic acids is 2. The Morgan fingerprint density at radius 2 is 1.77 bits per heavy atom. The molecule has 0 spiro atoms. The van der Waals surface area contributed by atoms with Crippen molar-refractivity contribution in [3.8, 4) is 0 Å². The number of amides is 1. The molecule has 5 nitrogen and oxygen atoms in total. The summed E-state index contributed by atoms with van der Waals surface area (Å²) in [4.78, 5) is 28.8. The second-order valence-electron chi connectivity index (χ2n) is 8.65. The van der Waals surface area contributed by atoms with Gasteiger partial charge in [-0.25, -0.2) is 9.78 Å². The van der Waals surface area contributed by atoms with Gasteiger partial charge >= 0.3 is 5.97 Å². The van der Waals surface area contributed by atoms with Crippen molar-refractivity contribution < 1.29 is 14.3 Å². The topological polar surface area (TPSA) is 68.3 Å². The molecule has 4 saturated carbocycles. The molecule has 0 atom stereocenters. The van der Waals surface area contributed by atoms with Gasteiger partial charge in [0.05, 0.1) is 17.9 Å². The molecule has 4 bridgehead atoms. The first-order chi connectivity index (χ1) is 12.5. The van der Waals surface area contributed by atoms with E-state index in [1.54, 1.807) is 26.0 Å². The van der Waals surface area contributed by atoms with Crippen molar-refractivity contribution >= 4 is 11.9 Å². The summed E-state index contributed by atoms with van der Waals surface area (Å²) >= 11 is 0. The van der Waals surface area contributed by atoms with E-state index in [0.717, 1.165) is 24.3 Å². The summed E-state index contributed by atoms with van der Waals surface area (Å²) in [6.07, 6.45) is 8.03. The maximum absolute atomic E-state index is 12.6. The van der Waals surface area contributed by atoms with Crippen molar-refractivity contribution in [1.29, 1.82) is 0 Å². The lowest BCUT2D eigenvalue weighted by Crippen LogP contribution is -2.51. The standard InChI is InChI=1S/C21H28N2O3/c1-3-26-20(25)17-4-5-18(23-13(17)2)19(24)22-12-21-9-14-6-15(10-21)8-16(7-14)11-21/h4-5,14-16H,3,6-12H2,1-2H3,(H,22,24). The lowest BCUT2D eigenvalue weighted by atomic mass is 9.49. The van der Waals surface area contributed by atoms with Gasteiger partial charge in [-0.05, 0) is 87.7 Å². The van der Waals surface area contributed by atoms with E-state index in [0.29, 0.717) is 29.0 Å². The number of esters is 1. The van der Waals surface area contributed by atoms with Gasteiger partial charge in [-0.1, -0.05) is 0 Å². The van der Waals surface area contributed by atoms with Crippen LogP contribution in [0, 0.1) is 30.1 Å². The highest BCUT2D eigenvalue weighted by Gasteiger charge is 2.50. The summed E-state index contributed by atoms with van der Waals surface area (Å²) in [5, 5.41) is 3.14. The van der Waals surface area contributed by atoms with E-state index in [4.69, 9.17) is 4.74 Å². The van der Waals surface area contributed by atoms with Crippen LogP contribution in [0.25, 0.3) is 0 Å². The van der Waals surface area contributed by atoms with Crippen LogP contribution < -0.4 is 5.32 Å². The zero-order valence-corrected chi connectivity index (χ0v) is 15.7. The molecule has 0 radical (unpaired) electrons. The van der Waals surface area contributed by atoms with Crippen LogP contribution in [0.4, 0.5) is 0 Å². The normalized spacial score (nSPS) is 31.7. The molecule has 1 aromatic heterocycles. The molecule has 1 aromatic rings. The van der Waals surface area contributed by atoms with Crippen LogP contribution in [0.1, 0.15) is 72.0 Å². The van der Waals surface area contributed by atoms with Gasteiger partial charge in [-0.2, -0.15) is 0 Å². The van der Waals surface area contributed by atoms with Gasteiger partial charge in [0.15, 0.2) is 0 Å². The van der Waals surface area contributed by atoms with Crippen LogP contribution >= 0.6 is 0 Å². The maximum atomic E-state index is 12.6. The number of carbonyl (C=O) groups is 2. The summed E-state index contributed by atoms with van der Waals surface area (Å²) in [5.41, 5.74) is 1.64. The molecular weight excluding hydrogens is 328 g/mol. The monoisotopic (exact) mass is 356 g/mol. The molecule has 26 heavy (non-hydrogen) atoms. The molecule has 5 rings (SSSR count). The number of pyridine rings is 1. The zero-order chi connectivity index (χ0) is 18.3. The Hall–Kier alpha value is -1.91. The molecule has 4 aliphatic rings. The molecule has 4 fully saturated rings. The second-order valence-corrected chi connectivity index (χ2v) is 8.65. The van der Waals surface area contributed by atoms with Crippen LogP contribution in [0.15, 0.2) is 12.1 Å². The van der Waals surface area contributed by atoms with Crippen molar-refractivity contribution in [1.82, 2.24) is 10.3 Å². The van der Waals surface area contributed by atoms with Crippen molar-refractivity contribution in [2.24, 2.45) is 23.2 Å². The Morgan fingerprint density at radius 3 is 2.31 bits per heavy atom. The van der Waals surface area contributed by atoms with Crippen molar-refractivity contribution in [3.05, 3.63) is 29.1 Å². The molecule has 0 saturated heterocycles. The molecule has 1 amide bonds. The number of aryl methyl sites for hydroxylation is 1. The Morgan fingerprint density at radius 1 is 1.15 bits per heavy atom. The Bertz CT molecular complexity index is 693. The molecule has 140 valence electrons. The van der Waals surface area contributed by atoms with E-state index >= 15 is 0 Å². The first-order valence-electron chi connectivity index (χ1n) is 9.91. The fourth-order valence-electron chi connectivity index (χ4n) is 5.98. The minimum absolute atomic E-state index is 0.140. The summed E-state index contributed by atoms with van der Waals surface area (Å²) in [6.45, 7) is 4.59. The van der Waals surface area contributed by atoms with Gasteiger partial charge in [-0.15, -0.1) is 0 Å². The van der Waals surface area contributed by atoms with E-state index in [9.17, 15) is 9.59 Å². The number of rotatable bonds is 5. The molecular formula is C21H28N2O3. The first-order valence-corrected chi connectivity index (χ1v) is 9.91. The fourth-order valence-corrected chi connectivity index (χ4v) is 5.98. The van der Waals surface area contributed by atoms with E-state index in [1.165, 1.54) is 38.5 Å². The summed E-state index contributed by atoms with van der Waals surface area (Å²) < 4.78 is 5.01. The number of hydrogen-bond acceptors (Lipinski definition) is 4. The molecule has 1 heterocycles. The number of nitrogens with one attached hydrogen (secondary N) is 1. The van der Waals surface area contributed by atoms with Crippen LogP contribution in [-0.2, 0) is 4.74 Å². The van der Waals surface area contributed by atoms with E-state index in [2.05, 4.69) is 10.3 Å². The third-order valence-corrected chi connectivity index (χ3v) is 6.60. The molecule has 0 unspecified atom stereocenters. The third kappa shape index (κ3) is 3.24. The van der Waals surface area contributed by atoms with Crippen LogP contribution in [0.5, 0.6) is 0 Å². The minimum atomic E-state index is -0.391. The maximum Gasteiger partial charge on any atom is 0.339 e. The highest BCUT2D eigenvalue weighted by molar-refractivity contribution is 5.95. The minimum Gasteiger partial charge on any atom is -0.462 e. The Balaban J connectivity index is 1.41. The smallest absolute Gasteiger partial charge is 0.339 e. The van der Waals surface area contributed by atoms with Gasteiger partial charge < -0.3 is 10.1 Å². The van der Waals surface area contributed by atoms with Crippen molar-refractivity contribution in [3.63, 3.8) is 0 Å². The van der Waals surface area contributed by atoms with Gasteiger partial charge in [0.25, 0.3) is 5.91 Å². The first kappa shape index (κ1) is 17.5. The summed E-state index contributed by atoms with van der Waals surface area (Å²) in [5.74, 6) is 2.10. The Labute approximate surface area is 154 Å². The van der Waals surface area contributed by atoms with E-state index in [1.807, 2.05) is 0 Å². The molecule has 0 aliphatic heterocycles. The lowest BCUT2D eigenvalue weighted by molar-refractivity contribution is -0.0503. The highest BCUT2D eigenvalue weighted by atomic mass is 16.5. The molecule has 4 aliphatic carbocycles. The van der Waals surface area contributed by atoms with E-state index < -0.39 is 5.97 Å². The quantitative estimate of drug-likeness (QED) is 0.820. The predicted molar refractivity (Wildman–Crippen MR) is 97.9 cm³/mol. The number of ether oxygens (including phenoxy) is 1. The zero-order valence-electron chi connectivity index (χ0n) is 15.7. The van der Waals surface area contributed by atoms with E-state index in [-0.39, 0.29) is 5.91 Å². The van der Waals surface area contributed by atoms with Crippen LogP contribution in [0.3, 0.4) is 0 Å². The van der Waals surface area contributed by atoms with Gasteiger partial charge in [0, 0.05) is 6.54 Å². The number of hydrogen-bond donors (Lipinski definition) is 1. The Kier molecular flexibility index (Phi) is 4.49. The van der Waals surface area contributed by atoms with Gasteiger partial charge in [-0.3, -0.25) is 4.79 Å². The van der Waals surface area contributed by atoms with Gasteiger partial charge in [0.1, 0.15) is 5.69 Å². The average molecular weight is 356 g/mol. The average Bonchev–Trinajstić information content (AvgIpc) is 2.58.